The summed E-state index contributed by atoms with van der Waals surface area (Å²) in [6.45, 7) is 3.46. The van der Waals surface area contributed by atoms with Gasteiger partial charge < -0.3 is 29.8 Å². The fraction of sp³-hybridized carbons (Fsp3) is 0.548. The van der Waals surface area contributed by atoms with Gasteiger partial charge in [0.25, 0.3) is 11.5 Å². The van der Waals surface area contributed by atoms with Crippen LogP contribution in [0.4, 0.5) is 18.9 Å². The number of hydrogen-bond acceptors (Lipinski definition) is 8. The predicted octanol–water partition coefficient (Wildman–Crippen LogP) is 4.20. The minimum Gasteiger partial charge on any atom is -0.459 e. The molecule has 0 spiro atoms. The van der Waals surface area contributed by atoms with Crippen molar-refractivity contribution in [3.63, 3.8) is 0 Å². The second kappa shape index (κ2) is 15.2. The molecule has 12 nitrogen and oxygen atoms in total. The topological polar surface area (TPSA) is 162 Å². The van der Waals surface area contributed by atoms with E-state index >= 15 is 0 Å². The highest BCUT2D eigenvalue weighted by Gasteiger charge is 2.35. The van der Waals surface area contributed by atoms with Crippen molar-refractivity contribution < 1.29 is 41.6 Å². The van der Waals surface area contributed by atoms with Crippen molar-refractivity contribution >= 4 is 29.4 Å². The largest absolute Gasteiger partial charge is 0.459 e. The first-order chi connectivity index (χ1) is 21.8. The zero-order valence-corrected chi connectivity index (χ0v) is 25.7. The molecule has 2 aliphatic rings. The fourth-order valence-corrected chi connectivity index (χ4v) is 5.65. The Kier molecular flexibility index (Phi) is 11.4. The van der Waals surface area contributed by atoms with E-state index in [1.807, 2.05) is 0 Å². The molecule has 1 aliphatic heterocycles. The van der Waals surface area contributed by atoms with E-state index < -0.39 is 58.8 Å². The number of aryl methyl sites for hydroxylation is 1. The van der Waals surface area contributed by atoms with Crippen LogP contribution in [0.15, 0.2) is 39.8 Å². The molecule has 1 saturated heterocycles. The maximum absolute atomic E-state index is 13.9. The molecule has 250 valence electrons. The standard InChI is InChI=1S/C31H38F3N5O7/c1-3-25(39-17-20(31(32,33)34)16-24(30(39)44)37-28(42)23-14-18(2)46-38-23)29(43)36-21(15-19-12-13-35-27(19)41)10-11-26(40)45-22-8-6-4-5-7-9-22/h10-11,14,16-17,19,21-22,25H,3-9,12-13,15H2,1-2H3,(H,35,41)(H,36,43)(H,37,42)/b11-10+/t19-,21+,25+/m0/s1. The summed E-state index contributed by atoms with van der Waals surface area (Å²) in [4.78, 5) is 64.5. The summed E-state index contributed by atoms with van der Waals surface area (Å²) in [5.74, 6) is -2.84. The van der Waals surface area contributed by atoms with Crippen molar-refractivity contribution in [1.82, 2.24) is 20.4 Å². The molecule has 0 unspecified atom stereocenters. The summed E-state index contributed by atoms with van der Waals surface area (Å²) in [7, 11) is 0. The Hall–Kier alpha value is -4.43. The average molecular weight is 650 g/mol. The zero-order valence-electron chi connectivity index (χ0n) is 25.7. The lowest BCUT2D eigenvalue weighted by Crippen LogP contribution is -2.43. The van der Waals surface area contributed by atoms with E-state index in [0.29, 0.717) is 29.8 Å². The van der Waals surface area contributed by atoms with Crippen molar-refractivity contribution in [3.8, 4) is 0 Å². The number of aromatic nitrogens is 2. The van der Waals surface area contributed by atoms with Crippen LogP contribution in [0.5, 0.6) is 0 Å². The van der Waals surface area contributed by atoms with E-state index in [9.17, 15) is 37.1 Å². The summed E-state index contributed by atoms with van der Waals surface area (Å²) in [6.07, 6.45) is 4.02. The van der Waals surface area contributed by atoms with Gasteiger partial charge in [0.05, 0.1) is 5.56 Å². The van der Waals surface area contributed by atoms with Gasteiger partial charge in [-0.05, 0) is 57.9 Å². The molecule has 2 aromatic heterocycles. The molecule has 2 aromatic rings. The third kappa shape index (κ3) is 9.07. The number of rotatable bonds is 11. The monoisotopic (exact) mass is 649 g/mol. The maximum Gasteiger partial charge on any atom is 0.417 e. The smallest absolute Gasteiger partial charge is 0.417 e. The minimum absolute atomic E-state index is 0.104. The van der Waals surface area contributed by atoms with Gasteiger partial charge in [-0.2, -0.15) is 13.2 Å². The highest BCUT2D eigenvalue weighted by molar-refractivity contribution is 6.02. The number of amides is 3. The Balaban J connectivity index is 1.58. The number of esters is 1. The second-order valence-electron chi connectivity index (χ2n) is 11.6. The number of carbonyl (C=O) groups excluding carboxylic acids is 4. The number of alkyl halides is 3. The molecule has 3 amide bonds. The number of anilines is 1. The molecule has 46 heavy (non-hydrogen) atoms. The van der Waals surface area contributed by atoms with E-state index in [-0.39, 0.29) is 36.3 Å². The van der Waals surface area contributed by atoms with Crippen LogP contribution < -0.4 is 21.5 Å². The Bertz CT molecular complexity index is 1510. The lowest BCUT2D eigenvalue weighted by Gasteiger charge is -2.24. The molecule has 4 rings (SSSR count). The molecule has 2 fully saturated rings. The van der Waals surface area contributed by atoms with Crippen LogP contribution in [0.2, 0.25) is 0 Å². The van der Waals surface area contributed by atoms with E-state index in [0.717, 1.165) is 38.5 Å². The lowest BCUT2D eigenvalue weighted by molar-refractivity contribution is -0.143. The van der Waals surface area contributed by atoms with Crippen LogP contribution in [-0.2, 0) is 25.3 Å². The SMILES string of the molecule is CC[C@H](C(=O)N[C@H](/C=C/C(=O)OC1CCCCCC1)C[C@@H]1CCNC1=O)n1cc(C(F)(F)F)cc(NC(=O)c2cc(C)on2)c1=O. The molecular weight excluding hydrogens is 611 g/mol. The Morgan fingerprint density at radius 2 is 1.87 bits per heavy atom. The molecule has 0 aromatic carbocycles. The first kappa shape index (κ1) is 34.4. The van der Waals surface area contributed by atoms with Gasteiger partial charge in [0.15, 0.2) is 5.69 Å². The van der Waals surface area contributed by atoms with Gasteiger partial charge >= 0.3 is 12.1 Å². The molecule has 3 heterocycles. The molecule has 3 atom stereocenters. The Morgan fingerprint density at radius 3 is 2.46 bits per heavy atom. The van der Waals surface area contributed by atoms with Crippen LogP contribution in [-0.4, -0.2) is 52.1 Å². The van der Waals surface area contributed by atoms with Crippen LogP contribution >= 0.6 is 0 Å². The average Bonchev–Trinajstić information content (AvgIpc) is 3.52. The van der Waals surface area contributed by atoms with Crippen LogP contribution in [0.1, 0.15) is 92.6 Å². The van der Waals surface area contributed by atoms with Crippen LogP contribution in [0.25, 0.3) is 0 Å². The van der Waals surface area contributed by atoms with Gasteiger partial charge in [-0.25, -0.2) is 4.79 Å². The number of ether oxygens (including phenoxy) is 1. The molecule has 15 heteroatoms. The molecule has 0 radical (unpaired) electrons. The van der Waals surface area contributed by atoms with Crippen molar-refractivity contribution in [2.75, 3.05) is 11.9 Å². The molecule has 3 N–H and O–H groups in total. The van der Waals surface area contributed by atoms with Gasteiger partial charge in [-0.1, -0.05) is 31.0 Å². The summed E-state index contributed by atoms with van der Waals surface area (Å²) in [5, 5.41) is 11.1. The van der Waals surface area contributed by atoms with Gasteiger partial charge in [-0.15, -0.1) is 0 Å². The van der Waals surface area contributed by atoms with Crippen molar-refractivity contribution in [2.24, 2.45) is 5.92 Å². The van der Waals surface area contributed by atoms with E-state index in [2.05, 4.69) is 21.1 Å². The van der Waals surface area contributed by atoms with E-state index in [4.69, 9.17) is 9.26 Å². The number of halogens is 3. The minimum atomic E-state index is -4.92. The third-order valence-electron chi connectivity index (χ3n) is 8.08. The van der Waals surface area contributed by atoms with E-state index in [1.54, 1.807) is 0 Å². The van der Waals surface area contributed by atoms with Crippen molar-refractivity contribution in [2.45, 2.75) is 96.0 Å². The number of carbonyl (C=O) groups is 4. The number of nitrogens with one attached hydrogen (secondary N) is 3. The van der Waals surface area contributed by atoms with E-state index in [1.165, 1.54) is 32.1 Å². The Labute approximate surface area is 263 Å². The van der Waals surface area contributed by atoms with Gasteiger partial charge in [0.2, 0.25) is 11.8 Å². The summed E-state index contributed by atoms with van der Waals surface area (Å²) >= 11 is 0. The highest BCUT2D eigenvalue weighted by Crippen LogP contribution is 2.31. The highest BCUT2D eigenvalue weighted by atomic mass is 19.4. The number of hydrogen-bond donors (Lipinski definition) is 3. The summed E-state index contributed by atoms with van der Waals surface area (Å²) in [5.41, 5.74) is -3.30. The van der Waals surface area contributed by atoms with Gasteiger partial charge in [-0.3, -0.25) is 19.2 Å². The third-order valence-corrected chi connectivity index (χ3v) is 8.08. The Morgan fingerprint density at radius 1 is 1.15 bits per heavy atom. The van der Waals surface area contributed by atoms with Gasteiger partial charge in [0, 0.05) is 36.8 Å². The number of pyridine rings is 1. The van der Waals surface area contributed by atoms with Crippen LogP contribution in [0, 0.1) is 12.8 Å². The normalized spacial score (nSPS) is 18.9. The number of nitrogens with zero attached hydrogens (tertiary/aromatic N) is 2. The quantitative estimate of drug-likeness (QED) is 0.185. The maximum atomic E-state index is 13.9. The molecule has 0 bridgehead atoms. The predicted molar refractivity (Wildman–Crippen MR) is 159 cm³/mol. The fourth-order valence-electron chi connectivity index (χ4n) is 5.65. The van der Waals surface area contributed by atoms with Crippen LogP contribution in [0.3, 0.4) is 0 Å². The van der Waals surface area contributed by atoms with Crippen molar-refractivity contribution in [3.05, 3.63) is 57.9 Å². The summed E-state index contributed by atoms with van der Waals surface area (Å²) < 4.78 is 52.7. The van der Waals surface area contributed by atoms with Gasteiger partial charge in [0.1, 0.15) is 23.6 Å². The van der Waals surface area contributed by atoms with Crippen molar-refractivity contribution in [1.29, 1.82) is 0 Å². The molecule has 1 aliphatic carbocycles. The molecule has 1 saturated carbocycles. The first-order valence-electron chi connectivity index (χ1n) is 15.4. The molecular formula is C31H38F3N5O7. The summed E-state index contributed by atoms with van der Waals surface area (Å²) in [6, 6.07) is -0.591. The second-order valence-corrected chi connectivity index (χ2v) is 11.6. The first-order valence-corrected chi connectivity index (χ1v) is 15.4. The zero-order chi connectivity index (χ0) is 33.4. The lowest BCUT2D eigenvalue weighted by atomic mass is 9.97.